The van der Waals surface area contributed by atoms with Gasteiger partial charge in [0.05, 0.1) is 5.52 Å². The minimum Gasteiger partial charge on any atom is -0.349 e. The van der Waals surface area contributed by atoms with Gasteiger partial charge in [-0.15, -0.1) is 0 Å². The second kappa shape index (κ2) is 6.22. The molecule has 2 unspecified atom stereocenters. The number of rotatable bonds is 3. The van der Waals surface area contributed by atoms with Crippen LogP contribution in [0.1, 0.15) is 30.1 Å². The van der Waals surface area contributed by atoms with Crippen molar-refractivity contribution < 1.29 is 4.79 Å². The van der Waals surface area contributed by atoms with E-state index in [4.69, 9.17) is 0 Å². The lowest BCUT2D eigenvalue weighted by atomic mass is 9.92. The second-order valence-electron chi connectivity index (χ2n) is 5.78. The summed E-state index contributed by atoms with van der Waals surface area (Å²) in [6.07, 6.45) is 4.13. The maximum atomic E-state index is 12.4. The van der Waals surface area contributed by atoms with Crippen LogP contribution in [0.2, 0.25) is 0 Å². The molecule has 3 rings (SSSR count). The maximum absolute atomic E-state index is 12.4. The molecule has 2 heterocycles. The van der Waals surface area contributed by atoms with Crippen molar-refractivity contribution in [1.82, 2.24) is 15.6 Å². The number of aromatic nitrogens is 1. The predicted octanol–water partition coefficient (Wildman–Crippen LogP) is 2.35. The zero-order chi connectivity index (χ0) is 14.7. The number of nitrogens with one attached hydrogen (secondary N) is 2. The van der Waals surface area contributed by atoms with Crippen LogP contribution >= 0.6 is 0 Å². The molecule has 2 aromatic rings. The topological polar surface area (TPSA) is 54.0 Å². The van der Waals surface area contributed by atoms with Crippen LogP contribution in [-0.4, -0.2) is 30.0 Å². The fraction of sp³-hybridized carbons (Fsp3) is 0.412. The lowest BCUT2D eigenvalue weighted by Crippen LogP contribution is -2.44. The Morgan fingerprint density at radius 1 is 1.43 bits per heavy atom. The van der Waals surface area contributed by atoms with Crippen molar-refractivity contribution in [2.45, 2.75) is 25.8 Å². The van der Waals surface area contributed by atoms with E-state index in [-0.39, 0.29) is 11.9 Å². The average molecular weight is 283 g/mol. The first-order valence-corrected chi connectivity index (χ1v) is 7.60. The Labute approximate surface area is 125 Å². The highest BCUT2D eigenvalue weighted by Gasteiger charge is 2.21. The Bertz CT molecular complexity index is 635. The molecule has 110 valence electrons. The summed E-state index contributed by atoms with van der Waals surface area (Å²) in [5.74, 6) is 0.517. The van der Waals surface area contributed by atoms with E-state index in [1.54, 1.807) is 6.20 Å². The van der Waals surface area contributed by atoms with E-state index in [1.165, 1.54) is 12.8 Å². The number of fused-ring (bicyclic) bond motifs is 1. The Morgan fingerprint density at radius 2 is 2.33 bits per heavy atom. The third-order valence-electron chi connectivity index (χ3n) is 4.27. The van der Waals surface area contributed by atoms with E-state index in [2.05, 4.69) is 22.5 Å². The molecule has 4 nitrogen and oxygen atoms in total. The molecule has 1 aromatic heterocycles. The molecule has 1 fully saturated rings. The van der Waals surface area contributed by atoms with Crippen LogP contribution in [0.15, 0.2) is 36.5 Å². The van der Waals surface area contributed by atoms with Crippen molar-refractivity contribution in [2.24, 2.45) is 5.92 Å². The Balaban J connectivity index is 1.71. The molecule has 0 saturated carbocycles. The summed E-state index contributed by atoms with van der Waals surface area (Å²) in [6.45, 7) is 4.18. The standard InChI is InChI=1S/C17H21N3O/c1-12(15-5-2-8-18-11-15)20-17(21)14-6-7-16-13(10-14)4-3-9-19-16/h3-4,6-7,9-10,12,15,18H,2,5,8,11H2,1H3,(H,20,21). The van der Waals surface area contributed by atoms with Gasteiger partial charge in [0.15, 0.2) is 0 Å². The van der Waals surface area contributed by atoms with E-state index >= 15 is 0 Å². The number of amides is 1. The third kappa shape index (κ3) is 3.22. The van der Waals surface area contributed by atoms with E-state index in [9.17, 15) is 4.79 Å². The van der Waals surface area contributed by atoms with Gasteiger partial charge in [-0.3, -0.25) is 9.78 Å². The summed E-state index contributed by atoms with van der Waals surface area (Å²) >= 11 is 0. The van der Waals surface area contributed by atoms with Gasteiger partial charge in [0.25, 0.3) is 5.91 Å². The summed E-state index contributed by atoms with van der Waals surface area (Å²) in [6, 6.07) is 9.71. The molecule has 1 aliphatic heterocycles. The lowest BCUT2D eigenvalue weighted by Gasteiger charge is -2.29. The van der Waals surface area contributed by atoms with Crippen molar-refractivity contribution >= 4 is 16.8 Å². The van der Waals surface area contributed by atoms with E-state index in [0.717, 1.165) is 24.0 Å². The smallest absolute Gasteiger partial charge is 0.251 e. The highest BCUT2D eigenvalue weighted by Crippen LogP contribution is 2.16. The first-order chi connectivity index (χ1) is 10.2. The SMILES string of the molecule is CC(NC(=O)c1ccc2ncccc2c1)C1CCCNC1. The fourth-order valence-corrected chi connectivity index (χ4v) is 2.93. The largest absolute Gasteiger partial charge is 0.349 e. The van der Waals surface area contributed by atoms with Gasteiger partial charge in [-0.25, -0.2) is 0 Å². The van der Waals surface area contributed by atoms with E-state index in [1.807, 2.05) is 30.3 Å². The molecule has 1 aliphatic rings. The third-order valence-corrected chi connectivity index (χ3v) is 4.27. The lowest BCUT2D eigenvalue weighted by molar-refractivity contribution is 0.0922. The van der Waals surface area contributed by atoms with Gasteiger partial charge < -0.3 is 10.6 Å². The van der Waals surface area contributed by atoms with Crippen LogP contribution in [0.25, 0.3) is 10.9 Å². The number of carbonyl (C=O) groups excluding carboxylic acids is 1. The van der Waals surface area contributed by atoms with E-state index in [0.29, 0.717) is 11.5 Å². The van der Waals surface area contributed by atoms with Crippen LogP contribution in [0, 0.1) is 5.92 Å². The van der Waals surface area contributed by atoms with Gasteiger partial charge in [-0.05, 0) is 63.0 Å². The molecular formula is C17H21N3O. The summed E-state index contributed by atoms with van der Waals surface area (Å²) in [7, 11) is 0. The summed E-state index contributed by atoms with van der Waals surface area (Å²) in [4.78, 5) is 16.7. The van der Waals surface area contributed by atoms with Gasteiger partial charge >= 0.3 is 0 Å². The molecule has 0 radical (unpaired) electrons. The maximum Gasteiger partial charge on any atom is 0.251 e. The predicted molar refractivity (Wildman–Crippen MR) is 84.3 cm³/mol. The molecule has 21 heavy (non-hydrogen) atoms. The Morgan fingerprint density at radius 3 is 3.14 bits per heavy atom. The molecule has 1 aromatic carbocycles. The zero-order valence-electron chi connectivity index (χ0n) is 12.3. The molecule has 0 aliphatic carbocycles. The van der Waals surface area contributed by atoms with Crippen molar-refractivity contribution in [3.8, 4) is 0 Å². The minimum atomic E-state index is -0.00109. The van der Waals surface area contributed by atoms with Crippen LogP contribution in [0.5, 0.6) is 0 Å². The molecule has 1 amide bonds. The number of carbonyl (C=O) groups is 1. The molecule has 2 N–H and O–H groups in total. The number of piperidine rings is 1. The summed E-state index contributed by atoms with van der Waals surface area (Å²) < 4.78 is 0. The first-order valence-electron chi connectivity index (χ1n) is 7.60. The monoisotopic (exact) mass is 283 g/mol. The minimum absolute atomic E-state index is 0.00109. The molecule has 2 atom stereocenters. The van der Waals surface area contributed by atoms with E-state index < -0.39 is 0 Å². The van der Waals surface area contributed by atoms with Gasteiger partial charge in [-0.2, -0.15) is 0 Å². The van der Waals surface area contributed by atoms with Crippen molar-refractivity contribution in [3.05, 3.63) is 42.1 Å². The Kier molecular flexibility index (Phi) is 4.15. The number of benzene rings is 1. The van der Waals surface area contributed by atoms with Gasteiger partial charge in [0.1, 0.15) is 0 Å². The normalized spacial score (nSPS) is 20.1. The van der Waals surface area contributed by atoms with Crippen molar-refractivity contribution in [2.75, 3.05) is 13.1 Å². The van der Waals surface area contributed by atoms with Gasteiger partial charge in [0, 0.05) is 23.2 Å². The molecule has 0 bridgehead atoms. The summed E-state index contributed by atoms with van der Waals surface area (Å²) in [5, 5.41) is 7.52. The van der Waals surface area contributed by atoms with Crippen LogP contribution < -0.4 is 10.6 Å². The van der Waals surface area contributed by atoms with Crippen LogP contribution in [0.3, 0.4) is 0 Å². The van der Waals surface area contributed by atoms with Gasteiger partial charge in [0.2, 0.25) is 0 Å². The first kappa shape index (κ1) is 14.0. The second-order valence-corrected chi connectivity index (χ2v) is 5.78. The number of hydrogen-bond acceptors (Lipinski definition) is 3. The number of nitrogens with zero attached hydrogens (tertiary/aromatic N) is 1. The van der Waals surface area contributed by atoms with Gasteiger partial charge in [-0.1, -0.05) is 6.07 Å². The zero-order valence-corrected chi connectivity index (χ0v) is 12.3. The Hall–Kier alpha value is -1.94. The summed E-state index contributed by atoms with van der Waals surface area (Å²) in [5.41, 5.74) is 1.62. The highest BCUT2D eigenvalue weighted by atomic mass is 16.1. The molecule has 0 spiro atoms. The number of pyridine rings is 1. The fourth-order valence-electron chi connectivity index (χ4n) is 2.93. The average Bonchev–Trinajstić information content (AvgIpc) is 2.55. The number of hydrogen-bond donors (Lipinski definition) is 2. The molecule has 1 saturated heterocycles. The molecular weight excluding hydrogens is 262 g/mol. The van der Waals surface area contributed by atoms with Crippen LogP contribution in [0.4, 0.5) is 0 Å². The highest BCUT2D eigenvalue weighted by molar-refractivity contribution is 5.98. The van der Waals surface area contributed by atoms with Crippen LogP contribution in [-0.2, 0) is 0 Å². The molecule has 4 heteroatoms. The van der Waals surface area contributed by atoms with Crippen molar-refractivity contribution in [3.63, 3.8) is 0 Å². The quantitative estimate of drug-likeness (QED) is 0.909. The van der Waals surface area contributed by atoms with Crippen molar-refractivity contribution in [1.29, 1.82) is 0 Å².